The van der Waals surface area contributed by atoms with Crippen LogP contribution in [0.4, 0.5) is 22.0 Å². The molecular weight excluding hydrogens is 451 g/mol. The molecule has 188 valence electrons. The van der Waals surface area contributed by atoms with Crippen molar-refractivity contribution in [3.63, 3.8) is 0 Å². The highest BCUT2D eigenvalue weighted by molar-refractivity contribution is 5.64. The van der Waals surface area contributed by atoms with Gasteiger partial charge in [-0.05, 0) is 92.2 Å². The summed E-state index contributed by atoms with van der Waals surface area (Å²) in [5, 5.41) is 0. The largest absolute Gasteiger partial charge is 0.432 e. The molecule has 2 aromatic carbocycles. The minimum absolute atomic E-state index is 0. The Hall–Kier alpha value is -2.15. The molecule has 2 unspecified atom stereocenters. The second-order valence-corrected chi connectivity index (χ2v) is 9.66. The molecule has 0 bridgehead atoms. The molecule has 1 aliphatic carbocycles. The third kappa shape index (κ3) is 5.73. The van der Waals surface area contributed by atoms with Gasteiger partial charge in [0.1, 0.15) is 5.75 Å². The second kappa shape index (κ2) is 10.6. The summed E-state index contributed by atoms with van der Waals surface area (Å²) in [4.78, 5) is 0. The standard InChI is InChI=1S/C27H31F5O2.H2/c1-2-3-17-4-13-25(33-16-17)19-5-9-21(10-6-19)27(31,32)34-22-11-7-18(8-12-22)20-14-23(28)26(30)24(29)15-20;/h7-8,11-12,14-15,17,19,21,25H,2-6,9-10,13,16H2,1H3;1H. The molecular formula is C27H33F5O2. The molecule has 2 aromatic rings. The summed E-state index contributed by atoms with van der Waals surface area (Å²) in [5.74, 6) is -4.12. The van der Waals surface area contributed by atoms with Crippen LogP contribution in [0.15, 0.2) is 36.4 Å². The van der Waals surface area contributed by atoms with Crippen LogP contribution in [0.3, 0.4) is 0 Å². The summed E-state index contributed by atoms with van der Waals surface area (Å²) in [6.07, 6.45) is 3.53. The van der Waals surface area contributed by atoms with Crippen molar-refractivity contribution in [1.29, 1.82) is 0 Å². The number of benzene rings is 2. The zero-order chi connectivity index (χ0) is 24.3. The molecule has 1 heterocycles. The summed E-state index contributed by atoms with van der Waals surface area (Å²) in [6.45, 7) is 2.96. The van der Waals surface area contributed by atoms with Gasteiger partial charge < -0.3 is 9.47 Å². The maximum absolute atomic E-state index is 14.9. The average molecular weight is 485 g/mol. The quantitative estimate of drug-likeness (QED) is 0.290. The molecule has 4 rings (SSSR count). The van der Waals surface area contributed by atoms with E-state index < -0.39 is 29.5 Å². The lowest BCUT2D eigenvalue weighted by atomic mass is 9.76. The number of halogens is 5. The Bertz CT molecular complexity index is 930. The molecule has 0 spiro atoms. The van der Waals surface area contributed by atoms with Crippen LogP contribution in [0.2, 0.25) is 0 Å². The molecule has 2 nitrogen and oxygen atoms in total. The van der Waals surface area contributed by atoms with Crippen LogP contribution in [0.25, 0.3) is 11.1 Å². The Morgan fingerprint density at radius 2 is 1.56 bits per heavy atom. The summed E-state index contributed by atoms with van der Waals surface area (Å²) in [7, 11) is 0. The number of hydrogen-bond acceptors (Lipinski definition) is 2. The van der Waals surface area contributed by atoms with Crippen LogP contribution in [-0.4, -0.2) is 18.8 Å². The molecule has 1 aliphatic heterocycles. The Kier molecular flexibility index (Phi) is 7.80. The zero-order valence-electron chi connectivity index (χ0n) is 19.3. The van der Waals surface area contributed by atoms with E-state index in [2.05, 4.69) is 6.92 Å². The SMILES string of the molecule is CCCC1CCC(C2CCC(C(F)(F)Oc3ccc(-c4cc(F)c(F)c(F)c4)cc3)CC2)OC1.[HH]. The first-order valence-corrected chi connectivity index (χ1v) is 12.2. The van der Waals surface area contributed by atoms with Crippen LogP contribution in [0.1, 0.15) is 59.7 Å². The predicted molar refractivity (Wildman–Crippen MR) is 122 cm³/mol. The number of alkyl halides is 2. The van der Waals surface area contributed by atoms with E-state index in [1.54, 1.807) is 0 Å². The summed E-state index contributed by atoms with van der Waals surface area (Å²) in [5.41, 5.74) is 0.474. The molecule has 0 radical (unpaired) electrons. The fourth-order valence-corrected chi connectivity index (χ4v) is 5.34. The fraction of sp³-hybridized carbons (Fsp3) is 0.556. The van der Waals surface area contributed by atoms with Crippen LogP contribution in [0, 0.1) is 35.2 Å². The van der Waals surface area contributed by atoms with Crippen LogP contribution in [-0.2, 0) is 4.74 Å². The lowest BCUT2D eigenvalue weighted by Gasteiger charge is -2.39. The van der Waals surface area contributed by atoms with Crippen LogP contribution < -0.4 is 4.74 Å². The number of ether oxygens (including phenoxy) is 2. The number of hydrogen-bond donors (Lipinski definition) is 0. The molecule has 2 aliphatic rings. The maximum atomic E-state index is 14.9. The van der Waals surface area contributed by atoms with Crippen molar-refractivity contribution in [3.8, 4) is 16.9 Å². The van der Waals surface area contributed by atoms with Crippen molar-refractivity contribution in [2.24, 2.45) is 17.8 Å². The third-order valence-electron chi connectivity index (χ3n) is 7.30. The smallest absolute Gasteiger partial charge is 0.400 e. The van der Waals surface area contributed by atoms with Gasteiger partial charge in [0.25, 0.3) is 0 Å². The summed E-state index contributed by atoms with van der Waals surface area (Å²) >= 11 is 0. The first-order chi connectivity index (χ1) is 16.3. The van der Waals surface area contributed by atoms with Crippen molar-refractivity contribution >= 4 is 0 Å². The van der Waals surface area contributed by atoms with Gasteiger partial charge in [0.2, 0.25) is 0 Å². The van der Waals surface area contributed by atoms with E-state index >= 15 is 0 Å². The molecule has 1 saturated heterocycles. The number of rotatable bonds is 7. The lowest BCUT2D eigenvalue weighted by molar-refractivity contribution is -0.225. The van der Waals surface area contributed by atoms with Gasteiger partial charge in [0, 0.05) is 8.03 Å². The third-order valence-corrected chi connectivity index (χ3v) is 7.30. The van der Waals surface area contributed by atoms with Gasteiger partial charge in [0.05, 0.1) is 12.0 Å². The van der Waals surface area contributed by atoms with E-state index in [-0.39, 0.29) is 18.8 Å². The van der Waals surface area contributed by atoms with E-state index in [0.29, 0.717) is 43.1 Å². The monoisotopic (exact) mass is 484 g/mol. The zero-order valence-corrected chi connectivity index (χ0v) is 19.3. The molecule has 0 amide bonds. The Balaban J connectivity index is 0.00000342. The van der Waals surface area contributed by atoms with Crippen LogP contribution >= 0.6 is 0 Å². The van der Waals surface area contributed by atoms with Gasteiger partial charge in [-0.2, -0.15) is 8.78 Å². The Morgan fingerprint density at radius 3 is 2.12 bits per heavy atom. The van der Waals surface area contributed by atoms with Gasteiger partial charge in [-0.3, -0.25) is 0 Å². The van der Waals surface area contributed by atoms with Gasteiger partial charge in [-0.25, -0.2) is 13.2 Å². The topological polar surface area (TPSA) is 18.5 Å². The van der Waals surface area contributed by atoms with E-state index in [1.807, 2.05) is 0 Å². The molecule has 0 N–H and O–H groups in total. The second-order valence-electron chi connectivity index (χ2n) is 9.66. The summed E-state index contributed by atoms with van der Waals surface area (Å²) in [6, 6.07) is 7.22. The average Bonchev–Trinajstić information content (AvgIpc) is 2.83. The Labute approximate surface area is 198 Å². The minimum Gasteiger partial charge on any atom is -0.432 e. The molecule has 2 atom stereocenters. The lowest BCUT2D eigenvalue weighted by Crippen LogP contribution is -2.40. The molecule has 7 heteroatoms. The highest BCUT2D eigenvalue weighted by Gasteiger charge is 2.45. The predicted octanol–water partition coefficient (Wildman–Crippen LogP) is 8.39. The molecule has 0 aromatic heterocycles. The van der Waals surface area contributed by atoms with Crippen molar-refractivity contribution in [3.05, 3.63) is 53.8 Å². The van der Waals surface area contributed by atoms with E-state index in [4.69, 9.17) is 9.47 Å². The highest BCUT2D eigenvalue weighted by atomic mass is 19.3. The first-order valence-electron chi connectivity index (χ1n) is 12.2. The Morgan fingerprint density at radius 1 is 0.912 bits per heavy atom. The van der Waals surface area contributed by atoms with Crippen LogP contribution in [0.5, 0.6) is 5.75 Å². The van der Waals surface area contributed by atoms with E-state index in [0.717, 1.165) is 38.0 Å². The van der Waals surface area contributed by atoms with Gasteiger partial charge >= 0.3 is 6.11 Å². The first kappa shape index (κ1) is 25.0. The van der Waals surface area contributed by atoms with E-state index in [1.165, 1.54) is 30.7 Å². The van der Waals surface area contributed by atoms with Gasteiger partial charge in [-0.15, -0.1) is 0 Å². The molecule has 2 fully saturated rings. The fourth-order valence-electron chi connectivity index (χ4n) is 5.34. The van der Waals surface area contributed by atoms with Crippen molar-refractivity contribution < 1.29 is 32.9 Å². The summed E-state index contributed by atoms with van der Waals surface area (Å²) < 4.78 is 81.0. The van der Waals surface area contributed by atoms with Gasteiger partial charge in [0.15, 0.2) is 17.5 Å². The van der Waals surface area contributed by atoms with E-state index in [9.17, 15) is 22.0 Å². The minimum atomic E-state index is -3.32. The van der Waals surface area contributed by atoms with Crippen molar-refractivity contribution in [2.75, 3.05) is 6.61 Å². The van der Waals surface area contributed by atoms with Crippen molar-refractivity contribution in [2.45, 2.75) is 70.5 Å². The maximum Gasteiger partial charge on any atom is 0.400 e. The normalized spacial score (nSPS) is 25.8. The molecule has 34 heavy (non-hydrogen) atoms. The van der Waals surface area contributed by atoms with Crippen molar-refractivity contribution in [1.82, 2.24) is 0 Å². The molecule has 1 saturated carbocycles. The van der Waals surface area contributed by atoms with Gasteiger partial charge in [-0.1, -0.05) is 25.5 Å². The highest BCUT2D eigenvalue weighted by Crippen LogP contribution is 2.43.